The Bertz CT molecular complexity index is 1070. The van der Waals surface area contributed by atoms with Gasteiger partial charge in [-0.3, -0.25) is 4.79 Å². The molecule has 0 spiro atoms. The molecular weight excluding hydrogens is 891 g/mol. The summed E-state index contributed by atoms with van der Waals surface area (Å²) in [6, 6.07) is -0.621. The van der Waals surface area contributed by atoms with Gasteiger partial charge < -0.3 is 15.5 Å². The molecule has 0 aliphatic carbocycles. The fourth-order valence-electron chi connectivity index (χ4n) is 11.0. The number of unbranched alkanes of at least 4 members (excludes halogenated alkanes) is 55. The van der Waals surface area contributed by atoms with Gasteiger partial charge >= 0.3 is 0 Å². The van der Waals surface area contributed by atoms with Crippen molar-refractivity contribution in [2.75, 3.05) is 6.61 Å². The highest BCUT2D eigenvalue weighted by molar-refractivity contribution is 5.76. The number of amides is 1. The van der Waals surface area contributed by atoms with Gasteiger partial charge in [0.05, 0.1) is 18.8 Å². The molecule has 2 unspecified atom stereocenters. The summed E-state index contributed by atoms with van der Waals surface area (Å²) < 4.78 is 0. The van der Waals surface area contributed by atoms with Crippen molar-refractivity contribution in [1.29, 1.82) is 0 Å². The van der Waals surface area contributed by atoms with Gasteiger partial charge in [0.2, 0.25) is 5.91 Å². The normalized spacial score (nSPS) is 12.8. The van der Waals surface area contributed by atoms with Crippen LogP contribution < -0.4 is 5.32 Å². The first-order chi connectivity index (χ1) is 36.2. The van der Waals surface area contributed by atoms with Crippen LogP contribution in [0.3, 0.4) is 0 Å². The van der Waals surface area contributed by atoms with E-state index in [9.17, 15) is 15.0 Å². The Morgan fingerprint density at radius 3 is 0.753 bits per heavy atom. The van der Waals surface area contributed by atoms with Gasteiger partial charge in [-0.05, 0) is 44.9 Å². The lowest BCUT2D eigenvalue weighted by Gasteiger charge is -2.20. The Balaban J connectivity index is 3.41. The van der Waals surface area contributed by atoms with Gasteiger partial charge in [-0.2, -0.15) is 0 Å². The van der Waals surface area contributed by atoms with E-state index in [-0.39, 0.29) is 12.5 Å². The zero-order valence-electron chi connectivity index (χ0n) is 50.2. The first-order valence-electron chi connectivity index (χ1n) is 34.1. The monoisotopic (exact) mass is 1030 g/mol. The molecule has 0 aromatic rings. The molecule has 0 saturated carbocycles. The third-order valence-corrected chi connectivity index (χ3v) is 16.2. The van der Waals surface area contributed by atoms with Crippen LogP contribution in [0.15, 0.2) is 24.3 Å². The lowest BCUT2D eigenvalue weighted by molar-refractivity contribution is -0.123. The third kappa shape index (κ3) is 61.6. The van der Waals surface area contributed by atoms with E-state index < -0.39 is 12.1 Å². The van der Waals surface area contributed by atoms with Crippen LogP contribution in [0.25, 0.3) is 0 Å². The van der Waals surface area contributed by atoms with Crippen molar-refractivity contribution in [2.45, 2.75) is 405 Å². The summed E-state index contributed by atoms with van der Waals surface area (Å²) in [6.45, 7) is 4.36. The predicted octanol–water partition coefficient (Wildman–Crippen LogP) is 23.0. The first kappa shape index (κ1) is 71.9. The topological polar surface area (TPSA) is 69.6 Å². The van der Waals surface area contributed by atoms with E-state index in [0.717, 1.165) is 25.7 Å². The van der Waals surface area contributed by atoms with E-state index in [2.05, 4.69) is 31.3 Å². The van der Waals surface area contributed by atoms with Crippen molar-refractivity contribution in [3.63, 3.8) is 0 Å². The molecule has 73 heavy (non-hydrogen) atoms. The average Bonchev–Trinajstić information content (AvgIpc) is 3.40. The highest BCUT2D eigenvalue weighted by Gasteiger charge is 2.18. The maximum absolute atomic E-state index is 12.5. The molecule has 0 aromatic carbocycles. The number of nitrogens with one attached hydrogen (secondary N) is 1. The van der Waals surface area contributed by atoms with Gasteiger partial charge in [-0.15, -0.1) is 0 Å². The molecule has 0 bridgehead atoms. The molecule has 3 N–H and O–H groups in total. The van der Waals surface area contributed by atoms with Gasteiger partial charge in [0, 0.05) is 6.42 Å². The second-order valence-corrected chi connectivity index (χ2v) is 23.6. The minimum atomic E-state index is -0.839. The van der Waals surface area contributed by atoms with E-state index in [4.69, 9.17) is 0 Å². The lowest BCUT2D eigenvalue weighted by Crippen LogP contribution is -2.45. The minimum Gasteiger partial charge on any atom is -0.394 e. The lowest BCUT2D eigenvalue weighted by atomic mass is 10.0. The SMILES string of the molecule is CCCCCCCCCC/C=C\CCCCCCCCCCCCCCCCCCCC(=O)NC(CO)C(O)/C=C/CCCCCCCCCCCCCCCCCCCCCCCCCCCCCCCC. The summed E-state index contributed by atoms with van der Waals surface area (Å²) in [4.78, 5) is 12.5. The van der Waals surface area contributed by atoms with Crippen molar-refractivity contribution in [1.82, 2.24) is 5.32 Å². The molecule has 4 nitrogen and oxygen atoms in total. The van der Waals surface area contributed by atoms with Crippen LogP contribution in [0.4, 0.5) is 0 Å². The molecule has 4 heteroatoms. The van der Waals surface area contributed by atoms with Crippen molar-refractivity contribution in [3.05, 3.63) is 24.3 Å². The molecular formula is C69H135NO3. The molecule has 434 valence electrons. The van der Waals surface area contributed by atoms with E-state index in [0.29, 0.717) is 6.42 Å². The first-order valence-corrected chi connectivity index (χ1v) is 34.1. The fraction of sp³-hybridized carbons (Fsp3) is 0.928. The molecule has 0 aliphatic rings. The molecule has 0 aromatic heterocycles. The van der Waals surface area contributed by atoms with E-state index in [1.807, 2.05) is 6.08 Å². The van der Waals surface area contributed by atoms with Crippen LogP contribution in [-0.4, -0.2) is 34.9 Å². The second-order valence-electron chi connectivity index (χ2n) is 23.6. The summed E-state index contributed by atoms with van der Waals surface area (Å²) in [5.74, 6) is -0.0554. The number of carbonyl (C=O) groups is 1. The van der Waals surface area contributed by atoms with Crippen molar-refractivity contribution >= 4 is 5.91 Å². The number of aliphatic hydroxyl groups is 2. The zero-order chi connectivity index (χ0) is 52.7. The Hall–Kier alpha value is -1.13. The van der Waals surface area contributed by atoms with E-state index in [1.54, 1.807) is 6.08 Å². The third-order valence-electron chi connectivity index (χ3n) is 16.2. The molecule has 2 atom stereocenters. The van der Waals surface area contributed by atoms with Crippen LogP contribution in [-0.2, 0) is 4.79 Å². The van der Waals surface area contributed by atoms with Crippen molar-refractivity contribution in [2.24, 2.45) is 0 Å². The molecule has 0 rings (SSSR count). The highest BCUT2D eigenvalue weighted by Crippen LogP contribution is 2.19. The van der Waals surface area contributed by atoms with Crippen molar-refractivity contribution in [3.8, 4) is 0 Å². The smallest absolute Gasteiger partial charge is 0.220 e. The standard InChI is InChI=1S/C69H135NO3/c1-3-5-7-9-11-13-15-17-19-21-23-25-27-29-31-33-34-35-37-38-40-42-44-46-48-50-52-54-56-58-60-62-64-68(72)67(66-71)70-69(73)65-63-61-59-57-55-53-51-49-47-45-43-41-39-36-32-30-28-26-24-22-20-18-16-14-12-10-8-6-4-2/h22,24,62,64,67-68,71-72H,3-21,23,25-61,63,65-66H2,1-2H3,(H,70,73)/b24-22-,64-62+. The van der Waals surface area contributed by atoms with Crippen LogP contribution in [0, 0.1) is 0 Å². The number of hydrogen-bond donors (Lipinski definition) is 3. The van der Waals surface area contributed by atoms with Crippen LogP contribution in [0.1, 0.15) is 393 Å². The van der Waals surface area contributed by atoms with Gasteiger partial charge in [0.25, 0.3) is 0 Å². The quantitative estimate of drug-likeness (QED) is 0.0420. The molecule has 0 heterocycles. The molecule has 0 radical (unpaired) electrons. The predicted molar refractivity (Wildman–Crippen MR) is 327 cm³/mol. The zero-order valence-corrected chi connectivity index (χ0v) is 50.2. The largest absolute Gasteiger partial charge is 0.394 e. The molecule has 0 saturated heterocycles. The van der Waals surface area contributed by atoms with E-state index in [1.165, 1.54) is 347 Å². The number of carbonyl (C=O) groups excluding carboxylic acids is 1. The molecule has 1 amide bonds. The molecule has 0 fully saturated rings. The summed E-state index contributed by atoms with van der Waals surface area (Å²) >= 11 is 0. The van der Waals surface area contributed by atoms with Gasteiger partial charge in [0.1, 0.15) is 0 Å². The number of hydrogen-bond acceptors (Lipinski definition) is 3. The Kier molecular flexibility index (Phi) is 64.1. The van der Waals surface area contributed by atoms with Gasteiger partial charge in [0.15, 0.2) is 0 Å². The fourth-order valence-corrected chi connectivity index (χ4v) is 11.0. The van der Waals surface area contributed by atoms with Crippen LogP contribution in [0.5, 0.6) is 0 Å². The maximum atomic E-state index is 12.5. The Labute approximate surface area is 459 Å². The van der Waals surface area contributed by atoms with E-state index >= 15 is 0 Å². The Morgan fingerprint density at radius 1 is 0.315 bits per heavy atom. The summed E-state index contributed by atoms with van der Waals surface area (Å²) in [5, 5.41) is 23.3. The number of rotatable bonds is 64. The van der Waals surface area contributed by atoms with Gasteiger partial charge in [-0.25, -0.2) is 0 Å². The summed E-state index contributed by atoms with van der Waals surface area (Å²) in [6.07, 6.45) is 88.3. The summed E-state index contributed by atoms with van der Waals surface area (Å²) in [7, 11) is 0. The highest BCUT2D eigenvalue weighted by atomic mass is 16.3. The van der Waals surface area contributed by atoms with Crippen LogP contribution in [0.2, 0.25) is 0 Å². The second kappa shape index (κ2) is 65.2. The maximum Gasteiger partial charge on any atom is 0.220 e. The number of allylic oxidation sites excluding steroid dienone is 3. The molecule has 0 aliphatic heterocycles. The average molecular weight is 1030 g/mol. The van der Waals surface area contributed by atoms with Gasteiger partial charge in [-0.1, -0.05) is 366 Å². The van der Waals surface area contributed by atoms with Crippen molar-refractivity contribution < 1.29 is 15.0 Å². The summed E-state index contributed by atoms with van der Waals surface area (Å²) in [5.41, 5.74) is 0. The Morgan fingerprint density at radius 2 is 0.521 bits per heavy atom. The number of aliphatic hydroxyl groups excluding tert-OH is 2. The minimum absolute atomic E-state index is 0.0554. The van der Waals surface area contributed by atoms with Crippen LogP contribution >= 0.6 is 0 Å².